The predicted octanol–water partition coefficient (Wildman–Crippen LogP) is 3.63. The highest BCUT2D eigenvalue weighted by Crippen LogP contribution is 2.27. The number of nitrogens with zero attached hydrogens (tertiary/aromatic N) is 2. The maximum absolute atomic E-state index is 5.39. The fraction of sp³-hybridized carbons (Fsp3) is 0.500. The van der Waals surface area contributed by atoms with Crippen LogP contribution in [0, 0.1) is 5.92 Å². The zero-order valence-electron chi connectivity index (χ0n) is 14.1. The van der Waals surface area contributed by atoms with Crippen molar-refractivity contribution in [2.45, 2.75) is 20.8 Å². The van der Waals surface area contributed by atoms with Gasteiger partial charge in [0.2, 0.25) is 0 Å². The van der Waals surface area contributed by atoms with E-state index in [0.29, 0.717) is 5.92 Å². The van der Waals surface area contributed by atoms with Gasteiger partial charge in [0.05, 0.1) is 18.3 Å². The monoisotopic (exact) mass is 301 g/mol. The van der Waals surface area contributed by atoms with E-state index >= 15 is 0 Å². The van der Waals surface area contributed by atoms with E-state index in [4.69, 9.17) is 4.74 Å². The SMILES string of the molecule is CCN(CCNc1cc(OC)cc2cccnc12)CC(C)C. The number of hydrogen-bond donors (Lipinski definition) is 1. The quantitative estimate of drug-likeness (QED) is 0.808. The molecule has 120 valence electrons. The van der Waals surface area contributed by atoms with Crippen molar-refractivity contribution in [3.63, 3.8) is 0 Å². The van der Waals surface area contributed by atoms with Gasteiger partial charge < -0.3 is 15.0 Å². The highest BCUT2D eigenvalue weighted by atomic mass is 16.5. The molecule has 2 aromatic rings. The van der Waals surface area contributed by atoms with Crippen LogP contribution in [0.1, 0.15) is 20.8 Å². The van der Waals surface area contributed by atoms with E-state index in [1.165, 1.54) is 0 Å². The molecule has 4 heteroatoms. The van der Waals surface area contributed by atoms with Crippen molar-refractivity contribution in [2.24, 2.45) is 5.92 Å². The number of benzene rings is 1. The van der Waals surface area contributed by atoms with E-state index in [1.54, 1.807) is 7.11 Å². The van der Waals surface area contributed by atoms with Gasteiger partial charge in [-0.3, -0.25) is 4.98 Å². The fourth-order valence-corrected chi connectivity index (χ4v) is 2.66. The second-order valence-electron chi connectivity index (χ2n) is 5.96. The van der Waals surface area contributed by atoms with Gasteiger partial charge in [0.15, 0.2) is 0 Å². The van der Waals surface area contributed by atoms with E-state index in [2.05, 4.69) is 42.0 Å². The highest BCUT2D eigenvalue weighted by molar-refractivity contribution is 5.91. The molecule has 0 fully saturated rings. The van der Waals surface area contributed by atoms with Gasteiger partial charge in [0, 0.05) is 37.3 Å². The Balaban J connectivity index is 2.07. The van der Waals surface area contributed by atoms with Crippen LogP contribution in [0.5, 0.6) is 5.75 Å². The van der Waals surface area contributed by atoms with Crippen LogP contribution >= 0.6 is 0 Å². The molecule has 0 aliphatic heterocycles. The topological polar surface area (TPSA) is 37.4 Å². The molecule has 0 unspecified atom stereocenters. The molecule has 22 heavy (non-hydrogen) atoms. The van der Waals surface area contributed by atoms with Crippen molar-refractivity contribution < 1.29 is 4.74 Å². The summed E-state index contributed by atoms with van der Waals surface area (Å²) in [5, 5.41) is 4.61. The molecular weight excluding hydrogens is 274 g/mol. The lowest BCUT2D eigenvalue weighted by Gasteiger charge is -2.23. The number of methoxy groups -OCH3 is 1. The van der Waals surface area contributed by atoms with Crippen molar-refractivity contribution >= 4 is 16.6 Å². The van der Waals surface area contributed by atoms with Crippen molar-refractivity contribution in [1.82, 2.24) is 9.88 Å². The molecule has 2 rings (SSSR count). The Hall–Kier alpha value is -1.81. The Morgan fingerprint density at radius 2 is 2.14 bits per heavy atom. The third-order valence-electron chi connectivity index (χ3n) is 3.73. The Labute approximate surface area is 133 Å². The van der Waals surface area contributed by atoms with Crippen LogP contribution in [0.4, 0.5) is 5.69 Å². The van der Waals surface area contributed by atoms with Crippen molar-refractivity contribution in [3.8, 4) is 5.75 Å². The predicted molar refractivity (Wildman–Crippen MR) is 93.7 cm³/mol. The summed E-state index contributed by atoms with van der Waals surface area (Å²) in [7, 11) is 1.70. The Morgan fingerprint density at radius 3 is 2.82 bits per heavy atom. The third-order valence-corrected chi connectivity index (χ3v) is 3.73. The van der Waals surface area contributed by atoms with Gasteiger partial charge >= 0.3 is 0 Å². The third kappa shape index (κ3) is 4.34. The van der Waals surface area contributed by atoms with Crippen LogP contribution < -0.4 is 10.1 Å². The summed E-state index contributed by atoms with van der Waals surface area (Å²) in [5.74, 6) is 1.55. The molecule has 0 amide bonds. The average molecular weight is 301 g/mol. The highest BCUT2D eigenvalue weighted by Gasteiger charge is 2.07. The lowest BCUT2D eigenvalue weighted by molar-refractivity contribution is 0.265. The first kappa shape index (κ1) is 16.6. The lowest BCUT2D eigenvalue weighted by Crippen LogP contribution is -2.32. The fourth-order valence-electron chi connectivity index (χ4n) is 2.66. The Bertz CT molecular complexity index is 598. The summed E-state index contributed by atoms with van der Waals surface area (Å²) in [5.41, 5.74) is 2.03. The van der Waals surface area contributed by atoms with Crippen molar-refractivity contribution in [3.05, 3.63) is 30.5 Å². The second kappa shape index (κ2) is 7.99. The molecular formula is C18H27N3O. The first-order valence-electron chi connectivity index (χ1n) is 8.03. The number of nitrogens with one attached hydrogen (secondary N) is 1. The number of pyridine rings is 1. The average Bonchev–Trinajstić information content (AvgIpc) is 2.53. The molecule has 0 atom stereocenters. The molecule has 4 nitrogen and oxygen atoms in total. The number of anilines is 1. The van der Waals surface area contributed by atoms with Gasteiger partial charge in [0.25, 0.3) is 0 Å². The number of likely N-dealkylation sites (N-methyl/N-ethyl adjacent to an activating group) is 1. The smallest absolute Gasteiger partial charge is 0.121 e. The van der Waals surface area contributed by atoms with Crippen LogP contribution in [0.25, 0.3) is 10.9 Å². The minimum atomic E-state index is 0.694. The molecule has 1 aromatic carbocycles. The van der Waals surface area contributed by atoms with Crippen LogP contribution in [0.2, 0.25) is 0 Å². The molecule has 0 saturated carbocycles. The van der Waals surface area contributed by atoms with E-state index in [9.17, 15) is 0 Å². The molecule has 0 radical (unpaired) electrons. The van der Waals surface area contributed by atoms with Gasteiger partial charge in [-0.25, -0.2) is 0 Å². The summed E-state index contributed by atoms with van der Waals surface area (Å²) in [6.07, 6.45) is 1.83. The number of rotatable bonds is 8. The molecule has 1 heterocycles. The molecule has 0 aliphatic carbocycles. The maximum Gasteiger partial charge on any atom is 0.121 e. The zero-order valence-corrected chi connectivity index (χ0v) is 14.1. The van der Waals surface area contributed by atoms with Crippen molar-refractivity contribution in [2.75, 3.05) is 38.6 Å². The normalized spacial score (nSPS) is 11.4. The lowest BCUT2D eigenvalue weighted by atomic mass is 10.1. The standard InChI is InChI=1S/C18H27N3O/c1-5-21(13-14(2)3)10-9-19-17-12-16(22-4)11-15-7-6-8-20-18(15)17/h6-8,11-12,14,19H,5,9-10,13H2,1-4H3. The summed E-state index contributed by atoms with van der Waals surface area (Å²) in [6.45, 7) is 10.9. The van der Waals surface area contributed by atoms with Crippen LogP contribution in [0.15, 0.2) is 30.5 Å². The number of hydrogen-bond acceptors (Lipinski definition) is 4. The summed E-state index contributed by atoms with van der Waals surface area (Å²) >= 11 is 0. The second-order valence-corrected chi connectivity index (χ2v) is 5.96. The summed E-state index contributed by atoms with van der Waals surface area (Å²) < 4.78 is 5.39. The van der Waals surface area contributed by atoms with Gasteiger partial charge in [0.1, 0.15) is 5.75 Å². The largest absolute Gasteiger partial charge is 0.497 e. The van der Waals surface area contributed by atoms with E-state index < -0.39 is 0 Å². The van der Waals surface area contributed by atoms with Crippen LogP contribution in [-0.4, -0.2) is 43.2 Å². The summed E-state index contributed by atoms with van der Waals surface area (Å²) in [6, 6.07) is 8.05. The first-order chi connectivity index (χ1) is 10.6. The maximum atomic E-state index is 5.39. The molecule has 1 aromatic heterocycles. The first-order valence-corrected chi connectivity index (χ1v) is 8.03. The minimum absolute atomic E-state index is 0.694. The van der Waals surface area contributed by atoms with Gasteiger partial charge in [-0.1, -0.05) is 26.8 Å². The molecule has 1 N–H and O–H groups in total. The van der Waals surface area contributed by atoms with E-state index in [1.807, 2.05) is 24.4 Å². The number of fused-ring (bicyclic) bond motifs is 1. The van der Waals surface area contributed by atoms with E-state index in [-0.39, 0.29) is 0 Å². The molecule has 0 spiro atoms. The molecule has 0 bridgehead atoms. The zero-order chi connectivity index (χ0) is 15.9. The van der Waals surface area contributed by atoms with Crippen LogP contribution in [-0.2, 0) is 0 Å². The Kier molecular flexibility index (Phi) is 6.01. The molecule has 0 aliphatic rings. The van der Waals surface area contributed by atoms with Crippen LogP contribution in [0.3, 0.4) is 0 Å². The number of aromatic nitrogens is 1. The number of ether oxygens (including phenoxy) is 1. The van der Waals surface area contributed by atoms with Crippen molar-refractivity contribution in [1.29, 1.82) is 0 Å². The van der Waals surface area contributed by atoms with Gasteiger partial charge in [-0.05, 0) is 24.6 Å². The summed E-state index contributed by atoms with van der Waals surface area (Å²) in [4.78, 5) is 6.96. The molecule has 0 saturated heterocycles. The minimum Gasteiger partial charge on any atom is -0.497 e. The van der Waals surface area contributed by atoms with Gasteiger partial charge in [-0.15, -0.1) is 0 Å². The Morgan fingerprint density at radius 1 is 1.32 bits per heavy atom. The van der Waals surface area contributed by atoms with E-state index in [0.717, 1.165) is 48.5 Å². The van der Waals surface area contributed by atoms with Gasteiger partial charge in [-0.2, -0.15) is 0 Å².